The molecule has 2 heterocycles. The summed E-state index contributed by atoms with van der Waals surface area (Å²) in [5, 5.41) is 5.99. The molecule has 8 aromatic rings. The zero-order valence-corrected chi connectivity index (χ0v) is 45.6. The van der Waals surface area contributed by atoms with Gasteiger partial charge in [0.05, 0.1) is 47.5 Å². The molecule has 1 aliphatic carbocycles. The fourth-order valence-corrected chi connectivity index (χ4v) is 10.2. The average molecular weight is 1070 g/mol. The van der Waals surface area contributed by atoms with Crippen LogP contribution < -0.4 is 31.6 Å². The van der Waals surface area contributed by atoms with E-state index >= 15 is 0 Å². The largest absolute Gasteiger partial charge is 0.462 e. The lowest BCUT2D eigenvalue weighted by atomic mass is 9.90. The molecule has 0 bridgehead atoms. The smallest absolute Gasteiger partial charge is 0.338 e. The number of carbonyl (C=O) groups excluding carboxylic acids is 4. The van der Waals surface area contributed by atoms with Gasteiger partial charge in [-0.15, -0.1) is 4.57 Å². The summed E-state index contributed by atoms with van der Waals surface area (Å²) in [4.78, 5) is 65.0. The number of nitrogens with two attached hydrogens (primary N) is 2. The maximum absolute atomic E-state index is 13.5. The molecule has 14 heteroatoms. The zero-order chi connectivity index (χ0) is 55.9. The molecule has 1 atom stereocenters. The molecule has 6 N–H and O–H groups in total. The number of aliphatic imine (C=N–C) groups is 1. The topological polar surface area (TPSA) is 195 Å². The number of nitrogens with one attached hydrogen (secondary N) is 2. The highest BCUT2D eigenvalue weighted by Crippen LogP contribution is 2.44. The molecular formula is C66H65N8O6+. The van der Waals surface area contributed by atoms with Gasteiger partial charge >= 0.3 is 11.9 Å². The average Bonchev–Trinajstić information content (AvgIpc) is 3.38. The maximum atomic E-state index is 13.5. The summed E-state index contributed by atoms with van der Waals surface area (Å²) < 4.78 is 13.6. The van der Waals surface area contributed by atoms with Gasteiger partial charge in [0.1, 0.15) is 11.0 Å². The Labute approximate surface area is 465 Å². The fourth-order valence-electron chi connectivity index (χ4n) is 10.2. The second kappa shape index (κ2) is 24.1. The molecule has 1 unspecified atom stereocenters. The van der Waals surface area contributed by atoms with E-state index in [-0.39, 0.29) is 37.0 Å². The summed E-state index contributed by atoms with van der Waals surface area (Å²) in [6.45, 7) is 9.22. The standard InChI is InChI=1S/C66H64N8O6/c1-41-33-55-59(73(49-17-9-5-10-18-49)61-39-53(67)43(3)35-57(61)71-55)37-51(41)65(77)79-31-15-7-13-29-69-63(75)47-25-21-45(22-26-47)46-23-27-48(28-24-46)64(76)70-30-14-8-16-32-80-66(78)52-38-60-56(34-42(52)2)72-58-36-44(4)54(68)40-62(58)74(60)50-19-11-6-12-20-50/h5-6,9-12,17-28,33-40,59,68H,7-8,13-16,29-32,67H2,1-4H3,(H2,69,70,75,76)/p+1. The van der Waals surface area contributed by atoms with E-state index in [0.29, 0.717) is 59.6 Å². The van der Waals surface area contributed by atoms with Crippen molar-refractivity contribution in [2.45, 2.75) is 72.3 Å². The van der Waals surface area contributed by atoms with Gasteiger partial charge < -0.3 is 36.5 Å². The Bertz CT molecular complexity index is 3760. The van der Waals surface area contributed by atoms with Crippen LogP contribution in [0.2, 0.25) is 0 Å². The van der Waals surface area contributed by atoms with Gasteiger partial charge in [0.15, 0.2) is 0 Å². The number of fused-ring (bicyclic) bond motifs is 4. The van der Waals surface area contributed by atoms with Crippen molar-refractivity contribution in [3.63, 3.8) is 0 Å². The van der Waals surface area contributed by atoms with Crippen molar-refractivity contribution in [1.82, 2.24) is 15.6 Å². The third kappa shape index (κ3) is 11.8. The van der Waals surface area contributed by atoms with Gasteiger partial charge in [-0.25, -0.2) is 19.6 Å². The third-order valence-electron chi connectivity index (χ3n) is 14.8. The number of aromatic nitrogens is 2. The Morgan fingerprint density at radius 1 is 0.588 bits per heavy atom. The second-order valence-corrected chi connectivity index (χ2v) is 20.5. The van der Waals surface area contributed by atoms with E-state index in [2.05, 4.69) is 20.1 Å². The van der Waals surface area contributed by atoms with Crippen molar-refractivity contribution in [2.75, 3.05) is 42.7 Å². The van der Waals surface area contributed by atoms with Crippen molar-refractivity contribution in [3.05, 3.63) is 202 Å². The monoisotopic (exact) mass is 1070 g/mol. The molecule has 0 spiro atoms. The van der Waals surface area contributed by atoms with Crippen LogP contribution in [0.1, 0.15) is 93.2 Å². The van der Waals surface area contributed by atoms with E-state index in [1.54, 1.807) is 24.3 Å². The molecule has 2 amide bonds. The lowest BCUT2D eigenvalue weighted by Crippen LogP contribution is -2.40. The molecule has 7 aromatic carbocycles. The SMILES string of the molecule is CC1=CC2=Nc3cc(C)c(N)cc3N(c3ccccc3)C2C=C1C(=O)OCCCCCNC(=O)c1ccc(-c2ccc(C(=O)NCCCCCOC(=O)c3cc4c(cc3C)nc3cc(C)c(N)cc3[n+]4-c3ccccc3)cc2)cc1. The first-order valence-electron chi connectivity index (χ1n) is 27.3. The number of unbranched alkanes of at least 4 members (excludes halogenated alkanes) is 4. The number of amides is 2. The second-order valence-electron chi connectivity index (χ2n) is 20.5. The van der Waals surface area contributed by atoms with Crippen molar-refractivity contribution in [3.8, 4) is 16.8 Å². The molecule has 1 aliphatic heterocycles. The minimum Gasteiger partial charge on any atom is -0.462 e. The highest BCUT2D eigenvalue weighted by atomic mass is 16.5. The minimum atomic E-state index is -0.397. The van der Waals surface area contributed by atoms with E-state index in [4.69, 9.17) is 30.9 Å². The minimum absolute atomic E-state index is 0.167. The summed E-state index contributed by atoms with van der Waals surface area (Å²) >= 11 is 0. The number of esters is 2. The fraction of sp³-hybridized carbons (Fsp3) is 0.227. The number of carbonyl (C=O) groups is 4. The molecule has 0 saturated carbocycles. The predicted molar refractivity (Wildman–Crippen MR) is 317 cm³/mol. The van der Waals surface area contributed by atoms with Crippen molar-refractivity contribution < 1.29 is 33.2 Å². The zero-order valence-electron chi connectivity index (χ0n) is 45.6. The van der Waals surface area contributed by atoms with Crippen molar-refractivity contribution in [1.29, 1.82) is 0 Å². The quantitative estimate of drug-likeness (QED) is 0.0199. The van der Waals surface area contributed by atoms with Crippen LogP contribution in [0, 0.1) is 20.8 Å². The molecular weight excluding hydrogens is 1000 g/mol. The van der Waals surface area contributed by atoms with Gasteiger partial charge in [-0.2, -0.15) is 0 Å². The molecule has 80 heavy (non-hydrogen) atoms. The van der Waals surface area contributed by atoms with Gasteiger partial charge in [-0.05, 0) is 172 Å². The van der Waals surface area contributed by atoms with Crippen LogP contribution in [-0.2, 0) is 14.3 Å². The summed E-state index contributed by atoms with van der Waals surface area (Å²) in [6, 6.07) is 46.0. The van der Waals surface area contributed by atoms with Gasteiger partial charge in [-0.1, -0.05) is 60.7 Å². The molecule has 0 radical (unpaired) electrons. The van der Waals surface area contributed by atoms with Gasteiger partial charge in [-0.3, -0.25) is 9.59 Å². The van der Waals surface area contributed by atoms with E-state index in [9.17, 15) is 19.2 Å². The molecule has 10 rings (SSSR count). The summed E-state index contributed by atoms with van der Waals surface area (Å²) in [5.74, 6) is -1.11. The molecule has 14 nitrogen and oxygen atoms in total. The van der Waals surface area contributed by atoms with Crippen LogP contribution >= 0.6 is 0 Å². The van der Waals surface area contributed by atoms with E-state index in [0.717, 1.165) is 110 Å². The van der Waals surface area contributed by atoms with E-state index in [1.807, 2.05) is 161 Å². The number of anilines is 4. The number of ether oxygens (including phenoxy) is 2. The highest BCUT2D eigenvalue weighted by Gasteiger charge is 2.34. The van der Waals surface area contributed by atoms with Crippen molar-refractivity contribution in [2.24, 2.45) is 4.99 Å². The number of rotatable bonds is 19. The number of hydrogen-bond acceptors (Lipinski definition) is 11. The predicted octanol–water partition coefficient (Wildman–Crippen LogP) is 11.8. The van der Waals surface area contributed by atoms with Crippen LogP contribution in [0.3, 0.4) is 0 Å². The Morgan fingerprint density at radius 2 is 1.12 bits per heavy atom. The Balaban J connectivity index is 0.626. The number of hydrogen-bond donors (Lipinski definition) is 4. The van der Waals surface area contributed by atoms with Gasteiger partial charge in [0.25, 0.3) is 11.8 Å². The van der Waals surface area contributed by atoms with Crippen LogP contribution in [0.5, 0.6) is 0 Å². The van der Waals surface area contributed by atoms with E-state index in [1.165, 1.54) is 0 Å². The van der Waals surface area contributed by atoms with Crippen LogP contribution in [0.25, 0.3) is 38.9 Å². The van der Waals surface area contributed by atoms with E-state index < -0.39 is 5.97 Å². The molecule has 1 aromatic heterocycles. The molecule has 0 fully saturated rings. The van der Waals surface area contributed by atoms with Crippen LogP contribution in [0.4, 0.5) is 28.4 Å². The Morgan fingerprint density at radius 3 is 1.74 bits per heavy atom. The number of nitrogens with zero attached hydrogens (tertiary/aromatic N) is 4. The first-order chi connectivity index (χ1) is 38.8. The number of aryl methyl sites for hydroxylation is 3. The number of benzene rings is 7. The lowest BCUT2D eigenvalue weighted by molar-refractivity contribution is -0.538. The summed E-state index contributed by atoms with van der Waals surface area (Å²) in [5.41, 5.74) is 29.1. The first kappa shape index (κ1) is 53.9. The number of para-hydroxylation sites is 2. The summed E-state index contributed by atoms with van der Waals surface area (Å²) in [7, 11) is 0. The lowest BCUT2D eigenvalue weighted by Gasteiger charge is -2.38. The normalized spacial score (nSPS) is 13.6. The van der Waals surface area contributed by atoms with Crippen LogP contribution in [0.15, 0.2) is 174 Å². The third-order valence-corrected chi connectivity index (χ3v) is 14.8. The first-order valence-corrected chi connectivity index (χ1v) is 27.3. The maximum Gasteiger partial charge on any atom is 0.338 e. The van der Waals surface area contributed by atoms with Gasteiger partial charge in [0.2, 0.25) is 16.7 Å². The van der Waals surface area contributed by atoms with Crippen LogP contribution in [-0.4, -0.2) is 66.8 Å². The van der Waals surface area contributed by atoms with Crippen molar-refractivity contribution >= 4 is 80.0 Å². The Hall–Kier alpha value is -9.43. The Kier molecular flexibility index (Phi) is 16.2. The molecule has 0 saturated heterocycles. The van der Waals surface area contributed by atoms with Gasteiger partial charge in [0, 0.05) is 65.5 Å². The molecule has 404 valence electrons. The molecule has 2 aliphatic rings. The summed E-state index contributed by atoms with van der Waals surface area (Å²) in [6.07, 6.45) is 8.20. The number of nitrogen functional groups attached to an aromatic ring is 2. The highest BCUT2D eigenvalue weighted by molar-refractivity contribution is 6.13.